The first-order valence-electron chi connectivity index (χ1n) is 7.24. The number of benzene rings is 1. The maximum atomic E-state index is 13.9. The molecule has 0 saturated heterocycles. The number of carbonyl (C=O) groups is 1. The summed E-state index contributed by atoms with van der Waals surface area (Å²) in [6, 6.07) is 6.43. The van der Waals surface area contributed by atoms with Crippen LogP contribution in [0.4, 0.5) is 4.39 Å². The zero-order valence-electron chi connectivity index (χ0n) is 12.9. The van der Waals surface area contributed by atoms with Crippen molar-refractivity contribution in [3.63, 3.8) is 0 Å². The summed E-state index contributed by atoms with van der Waals surface area (Å²) >= 11 is 0. The fourth-order valence-electron chi connectivity index (χ4n) is 3.30. The van der Waals surface area contributed by atoms with E-state index in [2.05, 4.69) is 13.8 Å². The van der Waals surface area contributed by atoms with Crippen molar-refractivity contribution in [2.75, 3.05) is 0 Å². The lowest BCUT2D eigenvalue weighted by atomic mass is 9.74. The molecule has 1 aliphatic carbocycles. The van der Waals surface area contributed by atoms with Gasteiger partial charge < -0.3 is 4.57 Å². The van der Waals surface area contributed by atoms with Gasteiger partial charge in [0, 0.05) is 25.2 Å². The molecule has 1 aromatic carbocycles. The van der Waals surface area contributed by atoms with Gasteiger partial charge in [-0.15, -0.1) is 0 Å². The molecule has 0 bridgehead atoms. The van der Waals surface area contributed by atoms with Crippen LogP contribution < -0.4 is 0 Å². The Labute approximate surface area is 129 Å². The molecule has 0 atom stereocenters. The highest BCUT2D eigenvalue weighted by Gasteiger charge is 2.35. The SMILES string of the molecule is Cn1cc(-c2ccc(C#N)c(F)c2)c2c1C(=O)CC(C)(C)C2. The Hall–Kier alpha value is -2.41. The lowest BCUT2D eigenvalue weighted by Gasteiger charge is -2.29. The van der Waals surface area contributed by atoms with Crippen molar-refractivity contribution in [2.24, 2.45) is 12.5 Å². The molecule has 3 nitrogen and oxygen atoms in total. The third-order valence-corrected chi connectivity index (χ3v) is 4.25. The molecule has 0 aliphatic heterocycles. The van der Waals surface area contributed by atoms with Crippen molar-refractivity contribution in [3.8, 4) is 17.2 Å². The number of nitrogens with zero attached hydrogens (tertiary/aromatic N) is 2. The van der Waals surface area contributed by atoms with Crippen LogP contribution in [0.5, 0.6) is 0 Å². The maximum absolute atomic E-state index is 13.9. The van der Waals surface area contributed by atoms with Gasteiger partial charge in [0.25, 0.3) is 0 Å². The van der Waals surface area contributed by atoms with Gasteiger partial charge in [0.05, 0.1) is 11.3 Å². The number of nitriles is 1. The lowest BCUT2D eigenvalue weighted by Crippen LogP contribution is -2.27. The third kappa shape index (κ3) is 2.23. The Balaban J connectivity index is 2.18. The van der Waals surface area contributed by atoms with Crippen molar-refractivity contribution in [2.45, 2.75) is 26.7 Å². The van der Waals surface area contributed by atoms with Crippen LogP contribution in [0.3, 0.4) is 0 Å². The first kappa shape index (κ1) is 14.5. The van der Waals surface area contributed by atoms with Crippen molar-refractivity contribution in [1.82, 2.24) is 4.57 Å². The van der Waals surface area contributed by atoms with E-state index in [1.807, 2.05) is 23.9 Å². The molecule has 4 heteroatoms. The molecule has 0 N–H and O–H groups in total. The van der Waals surface area contributed by atoms with Crippen molar-refractivity contribution in [1.29, 1.82) is 5.26 Å². The number of fused-ring (bicyclic) bond motifs is 1. The number of hydrogen-bond acceptors (Lipinski definition) is 2. The van der Waals surface area contributed by atoms with E-state index in [1.165, 1.54) is 12.1 Å². The highest BCUT2D eigenvalue weighted by Crippen LogP contribution is 2.40. The summed E-state index contributed by atoms with van der Waals surface area (Å²) < 4.78 is 15.7. The summed E-state index contributed by atoms with van der Waals surface area (Å²) in [5, 5.41) is 8.84. The van der Waals surface area contributed by atoms with Crippen LogP contribution in [0.1, 0.15) is 41.9 Å². The standard InChI is InChI=1S/C18H17FN2O/c1-18(2)7-13-14(10-21(3)17(13)16(22)8-18)11-4-5-12(9-20)15(19)6-11/h4-6,10H,7-8H2,1-3H3. The van der Waals surface area contributed by atoms with E-state index >= 15 is 0 Å². The van der Waals surface area contributed by atoms with Gasteiger partial charge in [0.15, 0.2) is 5.78 Å². The number of rotatable bonds is 1. The lowest BCUT2D eigenvalue weighted by molar-refractivity contribution is 0.0903. The fraction of sp³-hybridized carbons (Fsp3) is 0.333. The minimum absolute atomic E-state index is 0.0324. The van der Waals surface area contributed by atoms with Crippen LogP contribution in [0.2, 0.25) is 0 Å². The molecule has 1 heterocycles. The summed E-state index contributed by atoms with van der Waals surface area (Å²) in [6.45, 7) is 4.15. The quantitative estimate of drug-likeness (QED) is 0.802. The Kier molecular flexibility index (Phi) is 3.17. The van der Waals surface area contributed by atoms with E-state index < -0.39 is 5.82 Å². The van der Waals surface area contributed by atoms with Crippen LogP contribution in [0.15, 0.2) is 24.4 Å². The second-order valence-corrected chi connectivity index (χ2v) is 6.73. The van der Waals surface area contributed by atoms with Gasteiger partial charge in [-0.1, -0.05) is 19.9 Å². The van der Waals surface area contributed by atoms with Crippen molar-refractivity contribution in [3.05, 3.63) is 47.0 Å². The van der Waals surface area contributed by atoms with Gasteiger partial charge in [0.2, 0.25) is 0 Å². The number of hydrogen-bond donors (Lipinski definition) is 0. The van der Waals surface area contributed by atoms with Crippen LogP contribution in [-0.2, 0) is 13.5 Å². The molecule has 0 saturated carbocycles. The second-order valence-electron chi connectivity index (χ2n) is 6.73. The van der Waals surface area contributed by atoms with E-state index in [9.17, 15) is 9.18 Å². The van der Waals surface area contributed by atoms with Crippen LogP contribution in [0.25, 0.3) is 11.1 Å². The molecule has 0 fully saturated rings. The molecule has 0 amide bonds. The predicted octanol–water partition coefficient (Wildman–Crippen LogP) is 3.86. The third-order valence-electron chi connectivity index (χ3n) is 4.25. The van der Waals surface area contributed by atoms with Crippen LogP contribution in [0, 0.1) is 22.6 Å². The van der Waals surface area contributed by atoms with Crippen molar-refractivity contribution < 1.29 is 9.18 Å². The van der Waals surface area contributed by atoms with Gasteiger partial charge in [-0.2, -0.15) is 5.26 Å². The number of Topliss-reactive ketones (excluding diaryl/α,β-unsaturated/α-hetero) is 1. The molecule has 1 aromatic heterocycles. The molecule has 0 spiro atoms. The molecule has 112 valence electrons. The van der Waals surface area contributed by atoms with Gasteiger partial charge in [0.1, 0.15) is 11.9 Å². The van der Waals surface area contributed by atoms with E-state index in [0.717, 1.165) is 23.2 Å². The minimum atomic E-state index is -0.529. The van der Waals surface area contributed by atoms with Crippen molar-refractivity contribution >= 4 is 5.78 Å². The second kappa shape index (κ2) is 4.81. The topological polar surface area (TPSA) is 45.8 Å². The molecule has 2 aromatic rings. The monoisotopic (exact) mass is 296 g/mol. The smallest absolute Gasteiger partial charge is 0.180 e. The van der Waals surface area contributed by atoms with Gasteiger partial charge in [-0.05, 0) is 35.1 Å². The van der Waals surface area contributed by atoms with E-state index in [-0.39, 0.29) is 16.8 Å². The number of aromatic nitrogens is 1. The molecular formula is C18H17FN2O. The zero-order chi connectivity index (χ0) is 16.1. The highest BCUT2D eigenvalue weighted by molar-refractivity contribution is 6.00. The van der Waals surface area contributed by atoms with Crippen LogP contribution in [-0.4, -0.2) is 10.4 Å². The average molecular weight is 296 g/mol. The predicted molar refractivity (Wildman–Crippen MR) is 82.0 cm³/mol. The van der Waals surface area contributed by atoms with Gasteiger partial charge in [-0.3, -0.25) is 4.79 Å². The first-order valence-corrected chi connectivity index (χ1v) is 7.24. The molecule has 3 rings (SSSR count). The number of aryl methyl sites for hydroxylation is 1. The van der Waals surface area contributed by atoms with Gasteiger partial charge >= 0.3 is 0 Å². The molecule has 22 heavy (non-hydrogen) atoms. The van der Waals surface area contributed by atoms with E-state index in [0.29, 0.717) is 12.0 Å². The first-order chi connectivity index (χ1) is 10.3. The number of ketones is 1. The maximum Gasteiger partial charge on any atom is 0.180 e. The summed E-state index contributed by atoms with van der Waals surface area (Å²) in [5.41, 5.74) is 3.23. The number of halogens is 1. The Bertz CT molecular complexity index is 824. The summed E-state index contributed by atoms with van der Waals surface area (Å²) in [5.74, 6) is -0.395. The Morgan fingerprint density at radius 3 is 2.68 bits per heavy atom. The zero-order valence-corrected chi connectivity index (χ0v) is 12.9. The average Bonchev–Trinajstić information content (AvgIpc) is 2.74. The summed E-state index contributed by atoms with van der Waals surface area (Å²) in [4.78, 5) is 12.4. The minimum Gasteiger partial charge on any atom is -0.347 e. The summed E-state index contributed by atoms with van der Waals surface area (Å²) in [6.07, 6.45) is 3.19. The molecule has 1 aliphatic rings. The molecule has 0 unspecified atom stereocenters. The van der Waals surface area contributed by atoms with Crippen LogP contribution >= 0.6 is 0 Å². The molecule has 0 radical (unpaired) electrons. The summed E-state index contributed by atoms with van der Waals surface area (Å²) in [7, 11) is 1.85. The highest BCUT2D eigenvalue weighted by atomic mass is 19.1. The molecular weight excluding hydrogens is 279 g/mol. The van der Waals surface area contributed by atoms with E-state index in [4.69, 9.17) is 5.26 Å². The normalized spacial score (nSPS) is 16.2. The fourth-order valence-corrected chi connectivity index (χ4v) is 3.30. The largest absolute Gasteiger partial charge is 0.347 e. The number of carbonyl (C=O) groups excluding carboxylic acids is 1. The van der Waals surface area contributed by atoms with Gasteiger partial charge in [-0.25, -0.2) is 4.39 Å². The Morgan fingerprint density at radius 2 is 2.05 bits per heavy atom. The Morgan fingerprint density at radius 1 is 1.32 bits per heavy atom. The van der Waals surface area contributed by atoms with E-state index in [1.54, 1.807) is 6.07 Å².